The molecule has 172 valence electrons. The summed E-state index contributed by atoms with van der Waals surface area (Å²) in [7, 11) is -3.91. The largest absolute Gasteiger partial charge is 1.00 e. The van der Waals surface area contributed by atoms with Crippen LogP contribution in [0, 0.1) is 0 Å². The van der Waals surface area contributed by atoms with Gasteiger partial charge in [-0.2, -0.15) is 0 Å². The first-order valence-electron chi connectivity index (χ1n) is 10.0. The lowest BCUT2D eigenvalue weighted by Crippen LogP contribution is -3.00. The maximum atomic E-state index is 13.2. The molecule has 2 aliphatic rings. The number of anilines is 2. The molecule has 0 aliphatic carbocycles. The van der Waals surface area contributed by atoms with Crippen molar-refractivity contribution in [2.24, 2.45) is 0 Å². The number of nitrogens with zero attached hydrogens (tertiary/aromatic N) is 1. The van der Waals surface area contributed by atoms with Crippen LogP contribution in [-0.2, 0) is 24.3 Å². The first-order valence-corrected chi connectivity index (χ1v) is 11.5. The van der Waals surface area contributed by atoms with Gasteiger partial charge in [0.2, 0.25) is 21.8 Å². The molecule has 1 atom stereocenters. The number of amides is 2. The van der Waals surface area contributed by atoms with Crippen molar-refractivity contribution in [3.8, 4) is 0 Å². The molecule has 4 rings (SSSR count). The van der Waals surface area contributed by atoms with Gasteiger partial charge in [-0.05, 0) is 23.8 Å². The molecular formula is C21H24ClN4O5S-. The van der Waals surface area contributed by atoms with E-state index in [9.17, 15) is 18.0 Å². The number of carbonyl (C=O) groups is 2. The standard InChI is InChI=1S/C21H24N4O5S.ClH/c26-20-13-21(27)23-18-12-16(6-7-17(18)22-20)31(28,29)24-19(15-4-2-1-3-5-15)14-25-8-10-30-11-9-25;/h1-7,12,19,24H,8-11,13-14H2,(H,22,26)(H,23,27);1H/p-1. The number of nitrogens with one attached hydrogen (secondary N) is 3. The number of hydrogen-bond acceptors (Lipinski definition) is 6. The summed E-state index contributed by atoms with van der Waals surface area (Å²) in [6.07, 6.45) is -0.315. The zero-order chi connectivity index (χ0) is 21.8. The zero-order valence-electron chi connectivity index (χ0n) is 17.2. The summed E-state index contributed by atoms with van der Waals surface area (Å²) < 4.78 is 34.6. The van der Waals surface area contributed by atoms with Gasteiger partial charge in [0.25, 0.3) is 0 Å². The Hall–Kier alpha value is -2.50. The van der Waals surface area contributed by atoms with E-state index in [4.69, 9.17) is 4.74 Å². The highest BCUT2D eigenvalue weighted by molar-refractivity contribution is 7.89. The predicted molar refractivity (Wildman–Crippen MR) is 115 cm³/mol. The first kappa shape index (κ1) is 24.1. The van der Waals surface area contributed by atoms with Crippen molar-refractivity contribution in [1.29, 1.82) is 0 Å². The van der Waals surface area contributed by atoms with Crippen molar-refractivity contribution >= 4 is 33.2 Å². The Morgan fingerprint density at radius 1 is 0.969 bits per heavy atom. The number of hydrogen-bond donors (Lipinski definition) is 3. The van der Waals surface area contributed by atoms with Crippen molar-refractivity contribution in [2.75, 3.05) is 43.5 Å². The molecule has 2 aliphatic heterocycles. The number of morpholine rings is 1. The Morgan fingerprint density at radius 3 is 2.31 bits per heavy atom. The van der Waals surface area contributed by atoms with E-state index >= 15 is 0 Å². The van der Waals surface area contributed by atoms with E-state index in [1.54, 1.807) is 0 Å². The summed E-state index contributed by atoms with van der Waals surface area (Å²) in [6, 6.07) is 13.2. The SMILES string of the molecule is O=C1CC(=O)Nc2cc(S(=O)(=O)NC(CN3CCOCC3)c3ccccc3)ccc2N1.[Cl-]. The number of sulfonamides is 1. The molecule has 0 radical (unpaired) electrons. The Kier molecular flexibility index (Phi) is 7.86. The first-order chi connectivity index (χ1) is 14.9. The van der Waals surface area contributed by atoms with Gasteiger partial charge in [0, 0.05) is 19.6 Å². The number of benzene rings is 2. The number of carbonyl (C=O) groups excluding carboxylic acids is 2. The normalized spacial score (nSPS) is 17.9. The number of fused-ring (bicyclic) bond motifs is 1. The molecule has 1 fully saturated rings. The summed E-state index contributed by atoms with van der Waals surface area (Å²) in [4.78, 5) is 25.7. The Balaban J connectivity index is 0.00000289. The maximum Gasteiger partial charge on any atom is 0.241 e. The lowest BCUT2D eigenvalue weighted by Gasteiger charge is -2.31. The van der Waals surface area contributed by atoms with Crippen LogP contribution in [0.2, 0.25) is 0 Å². The lowest BCUT2D eigenvalue weighted by molar-refractivity contribution is -0.123. The molecule has 0 spiro atoms. The van der Waals surface area contributed by atoms with Gasteiger partial charge in [-0.25, -0.2) is 13.1 Å². The van der Waals surface area contributed by atoms with Crippen LogP contribution in [0.5, 0.6) is 0 Å². The van der Waals surface area contributed by atoms with E-state index in [0.29, 0.717) is 25.4 Å². The highest BCUT2D eigenvalue weighted by Gasteiger charge is 2.26. The van der Waals surface area contributed by atoms with Gasteiger partial charge < -0.3 is 27.8 Å². The van der Waals surface area contributed by atoms with E-state index in [1.807, 2.05) is 30.3 Å². The topological polar surface area (TPSA) is 117 Å². The van der Waals surface area contributed by atoms with Gasteiger partial charge in [0.1, 0.15) is 6.42 Å². The van der Waals surface area contributed by atoms with Crippen molar-refractivity contribution in [1.82, 2.24) is 9.62 Å². The summed E-state index contributed by atoms with van der Waals surface area (Å²) >= 11 is 0. The molecule has 3 N–H and O–H groups in total. The van der Waals surface area contributed by atoms with Gasteiger partial charge >= 0.3 is 0 Å². The van der Waals surface area contributed by atoms with Crippen molar-refractivity contribution < 1.29 is 35.2 Å². The summed E-state index contributed by atoms with van der Waals surface area (Å²) in [5.74, 6) is -0.937. The van der Waals surface area contributed by atoms with E-state index in [0.717, 1.165) is 18.7 Å². The molecule has 9 nitrogen and oxygen atoms in total. The van der Waals surface area contributed by atoms with Crippen LogP contribution in [0.25, 0.3) is 0 Å². The monoisotopic (exact) mass is 479 g/mol. The second-order valence-electron chi connectivity index (χ2n) is 7.48. The molecule has 0 saturated carbocycles. The van der Waals surface area contributed by atoms with Crippen LogP contribution in [0.15, 0.2) is 53.4 Å². The van der Waals surface area contributed by atoms with E-state index < -0.39 is 27.9 Å². The molecule has 2 heterocycles. The molecule has 11 heteroatoms. The number of halogens is 1. The molecule has 32 heavy (non-hydrogen) atoms. The molecule has 2 aromatic rings. The van der Waals surface area contributed by atoms with Gasteiger partial charge in [-0.15, -0.1) is 0 Å². The Morgan fingerprint density at radius 2 is 1.62 bits per heavy atom. The molecule has 2 amide bonds. The van der Waals surface area contributed by atoms with Crippen LogP contribution >= 0.6 is 0 Å². The van der Waals surface area contributed by atoms with E-state index in [-0.39, 0.29) is 29.4 Å². The molecule has 1 unspecified atom stereocenters. The third-order valence-corrected chi connectivity index (χ3v) is 6.68. The fourth-order valence-corrected chi connectivity index (χ4v) is 4.87. The third-order valence-electron chi connectivity index (χ3n) is 5.21. The van der Waals surface area contributed by atoms with Gasteiger partial charge in [-0.1, -0.05) is 30.3 Å². The van der Waals surface area contributed by atoms with Gasteiger partial charge in [0.05, 0.1) is 35.5 Å². The minimum atomic E-state index is -3.91. The van der Waals surface area contributed by atoms with Gasteiger partial charge in [-0.3, -0.25) is 14.5 Å². The number of ether oxygens (including phenoxy) is 1. The van der Waals surface area contributed by atoms with Crippen LogP contribution in [0.3, 0.4) is 0 Å². The molecule has 1 saturated heterocycles. The van der Waals surface area contributed by atoms with Crippen LogP contribution < -0.4 is 27.8 Å². The predicted octanol–water partition coefficient (Wildman–Crippen LogP) is -1.68. The zero-order valence-corrected chi connectivity index (χ0v) is 18.8. The summed E-state index contributed by atoms with van der Waals surface area (Å²) in [5.41, 5.74) is 1.47. The number of rotatable bonds is 6. The highest BCUT2D eigenvalue weighted by Crippen LogP contribution is 2.28. The average molecular weight is 480 g/mol. The minimum Gasteiger partial charge on any atom is -1.00 e. The third kappa shape index (κ3) is 5.84. The van der Waals surface area contributed by atoms with Crippen LogP contribution in [-0.4, -0.2) is 58.0 Å². The fourth-order valence-electron chi connectivity index (χ4n) is 3.63. The fraction of sp³-hybridized carbons (Fsp3) is 0.333. The van der Waals surface area contributed by atoms with Crippen molar-refractivity contribution in [3.05, 3.63) is 54.1 Å². The molecule has 0 aromatic heterocycles. The van der Waals surface area contributed by atoms with Gasteiger partial charge in [0.15, 0.2) is 0 Å². The lowest BCUT2D eigenvalue weighted by atomic mass is 10.1. The molecule has 2 aromatic carbocycles. The maximum absolute atomic E-state index is 13.2. The second kappa shape index (κ2) is 10.4. The van der Waals surface area contributed by atoms with Crippen LogP contribution in [0.4, 0.5) is 11.4 Å². The molecular weight excluding hydrogens is 456 g/mol. The summed E-state index contributed by atoms with van der Waals surface area (Å²) in [5, 5.41) is 5.18. The average Bonchev–Trinajstić information content (AvgIpc) is 2.90. The Bertz CT molecular complexity index is 1070. The van der Waals surface area contributed by atoms with Crippen LogP contribution in [0.1, 0.15) is 18.0 Å². The Labute approximate surface area is 193 Å². The van der Waals surface area contributed by atoms with Crippen molar-refractivity contribution in [2.45, 2.75) is 17.4 Å². The smallest absolute Gasteiger partial charge is 0.241 e. The van der Waals surface area contributed by atoms with E-state index in [1.165, 1.54) is 18.2 Å². The van der Waals surface area contributed by atoms with E-state index in [2.05, 4.69) is 20.3 Å². The van der Waals surface area contributed by atoms with Crippen molar-refractivity contribution in [3.63, 3.8) is 0 Å². The quantitative estimate of drug-likeness (QED) is 0.426. The highest BCUT2D eigenvalue weighted by atomic mass is 35.5. The second-order valence-corrected chi connectivity index (χ2v) is 9.19. The molecule has 0 bridgehead atoms. The summed E-state index contributed by atoms with van der Waals surface area (Å²) in [6.45, 7) is 3.20. The minimum absolute atomic E-state index is 0.